The summed E-state index contributed by atoms with van der Waals surface area (Å²) in [6.45, 7) is 2.86. The van der Waals surface area contributed by atoms with Crippen molar-refractivity contribution in [2.24, 2.45) is 5.92 Å². The smallest absolute Gasteiger partial charge is 0.331 e. The Kier molecular flexibility index (Phi) is 2.94. The molecule has 0 N–H and O–H groups in total. The quantitative estimate of drug-likeness (QED) is 0.410. The lowest BCUT2D eigenvalue weighted by molar-refractivity contribution is -0.238. The molecular weight excluding hydrogens is 256 g/mol. The molecule has 14 heavy (non-hydrogen) atoms. The molecule has 0 amide bonds. The van der Waals surface area contributed by atoms with E-state index in [4.69, 9.17) is 9.47 Å². The molecule has 1 heterocycles. The molecule has 5 nitrogen and oxygen atoms in total. The van der Waals surface area contributed by atoms with E-state index in [2.05, 4.69) is 15.9 Å². The zero-order chi connectivity index (χ0) is 10.9. The Morgan fingerprint density at radius 2 is 1.79 bits per heavy atom. The molecule has 0 aromatic rings. The van der Waals surface area contributed by atoms with Gasteiger partial charge in [-0.15, -0.1) is 0 Å². The lowest BCUT2D eigenvalue weighted by Crippen LogP contribution is -2.49. The Morgan fingerprint density at radius 1 is 1.36 bits per heavy atom. The summed E-state index contributed by atoms with van der Waals surface area (Å²) in [4.78, 5) is 33.7. The van der Waals surface area contributed by atoms with Gasteiger partial charge in [-0.1, -0.05) is 15.9 Å². The summed E-state index contributed by atoms with van der Waals surface area (Å²) in [5.41, 5.74) is 0. The molecule has 0 aromatic carbocycles. The fourth-order valence-electron chi connectivity index (χ4n) is 1.06. The number of hydrogen-bond donors (Lipinski definition) is 0. The highest BCUT2D eigenvalue weighted by atomic mass is 79.9. The van der Waals surface area contributed by atoms with Crippen LogP contribution in [0.15, 0.2) is 0 Å². The summed E-state index contributed by atoms with van der Waals surface area (Å²) in [6, 6.07) is 0. The maximum absolute atomic E-state index is 11.3. The van der Waals surface area contributed by atoms with Crippen molar-refractivity contribution in [2.45, 2.75) is 19.6 Å². The molecule has 1 fully saturated rings. The number of rotatable bonds is 2. The second-order valence-electron chi connectivity index (χ2n) is 3.27. The van der Waals surface area contributed by atoms with Crippen molar-refractivity contribution < 1.29 is 23.9 Å². The summed E-state index contributed by atoms with van der Waals surface area (Å²) in [5.74, 6) is -4.98. The van der Waals surface area contributed by atoms with E-state index in [0.29, 0.717) is 0 Å². The first-order valence-corrected chi connectivity index (χ1v) is 5.04. The van der Waals surface area contributed by atoms with Gasteiger partial charge in [0.1, 0.15) is 0 Å². The lowest BCUT2D eigenvalue weighted by Gasteiger charge is -2.32. The van der Waals surface area contributed by atoms with Crippen LogP contribution < -0.4 is 0 Å². The van der Waals surface area contributed by atoms with Gasteiger partial charge in [-0.3, -0.25) is 14.4 Å². The highest BCUT2D eigenvalue weighted by molar-refractivity contribution is 9.09. The number of esters is 2. The molecule has 78 valence electrons. The number of ether oxygens (including phenoxy) is 2. The predicted molar refractivity (Wildman–Crippen MR) is 48.6 cm³/mol. The second-order valence-corrected chi connectivity index (χ2v) is 3.84. The average Bonchev–Trinajstić information content (AvgIpc) is 1.99. The van der Waals surface area contributed by atoms with Gasteiger partial charge in [0, 0.05) is 13.8 Å². The van der Waals surface area contributed by atoms with Crippen LogP contribution in [0.25, 0.3) is 0 Å². The molecule has 0 saturated carbocycles. The van der Waals surface area contributed by atoms with Crippen LogP contribution in [-0.2, 0) is 23.9 Å². The Morgan fingerprint density at radius 3 is 2.14 bits per heavy atom. The number of cyclic esters (lactones) is 2. The van der Waals surface area contributed by atoms with Gasteiger partial charge < -0.3 is 9.47 Å². The van der Waals surface area contributed by atoms with Crippen LogP contribution in [0.4, 0.5) is 0 Å². The van der Waals surface area contributed by atoms with Crippen molar-refractivity contribution in [1.29, 1.82) is 0 Å². The summed E-state index contributed by atoms with van der Waals surface area (Å²) in [6.07, 6.45) is 0. The van der Waals surface area contributed by atoms with E-state index in [1.54, 1.807) is 0 Å². The minimum Gasteiger partial charge on any atom is -0.422 e. The molecule has 1 rings (SSSR count). The first kappa shape index (κ1) is 11.2. The van der Waals surface area contributed by atoms with Crippen LogP contribution in [0.3, 0.4) is 0 Å². The number of halogens is 1. The van der Waals surface area contributed by atoms with Crippen molar-refractivity contribution in [1.82, 2.24) is 0 Å². The van der Waals surface area contributed by atoms with Gasteiger partial charge in [0.25, 0.3) is 5.79 Å². The van der Waals surface area contributed by atoms with Crippen LogP contribution in [-0.4, -0.2) is 28.8 Å². The van der Waals surface area contributed by atoms with E-state index in [-0.39, 0.29) is 5.33 Å². The standard InChI is InChI=1S/C8H9BrO5/c1-8(2)13-6(11)5(4(10)3-9)7(12)14-8/h5H,3H2,1-2H3. The van der Waals surface area contributed by atoms with E-state index in [1.165, 1.54) is 13.8 Å². The minimum atomic E-state index is -1.44. The highest BCUT2D eigenvalue weighted by Crippen LogP contribution is 2.23. The summed E-state index contributed by atoms with van der Waals surface area (Å²) in [5, 5.41) is -0.0811. The van der Waals surface area contributed by atoms with Gasteiger partial charge in [0.05, 0.1) is 5.33 Å². The maximum Gasteiger partial charge on any atom is 0.331 e. The molecule has 0 spiro atoms. The topological polar surface area (TPSA) is 69.7 Å². The largest absolute Gasteiger partial charge is 0.422 e. The van der Waals surface area contributed by atoms with Crippen molar-refractivity contribution >= 4 is 33.7 Å². The Hall–Kier alpha value is -0.910. The van der Waals surface area contributed by atoms with Crippen molar-refractivity contribution in [3.63, 3.8) is 0 Å². The first-order valence-electron chi connectivity index (χ1n) is 3.92. The average molecular weight is 265 g/mol. The van der Waals surface area contributed by atoms with Crippen LogP contribution >= 0.6 is 15.9 Å². The number of alkyl halides is 1. The molecule has 0 bridgehead atoms. The SMILES string of the molecule is CC1(C)OC(=O)C(C(=O)CBr)C(=O)O1. The third-order valence-electron chi connectivity index (χ3n) is 1.62. The summed E-state index contributed by atoms with van der Waals surface area (Å²) >= 11 is 2.87. The zero-order valence-corrected chi connectivity index (χ0v) is 9.29. The first-order chi connectivity index (χ1) is 6.37. The fourth-order valence-corrected chi connectivity index (χ4v) is 1.38. The predicted octanol–water partition coefficient (Wildman–Crippen LogP) is 0.403. The lowest BCUT2D eigenvalue weighted by atomic mass is 10.0. The molecule has 1 aliphatic rings. The fraction of sp³-hybridized carbons (Fsp3) is 0.625. The Labute approximate surface area is 88.9 Å². The molecule has 0 atom stereocenters. The third kappa shape index (κ3) is 2.12. The zero-order valence-electron chi connectivity index (χ0n) is 7.70. The monoisotopic (exact) mass is 264 g/mol. The highest BCUT2D eigenvalue weighted by Gasteiger charge is 2.46. The van der Waals surface area contributed by atoms with Gasteiger partial charge in [-0.05, 0) is 0 Å². The second kappa shape index (κ2) is 3.68. The number of carbonyl (C=O) groups is 3. The van der Waals surface area contributed by atoms with Gasteiger partial charge >= 0.3 is 11.9 Å². The van der Waals surface area contributed by atoms with Crippen LogP contribution in [0.2, 0.25) is 0 Å². The normalized spacial score (nSPS) is 21.4. The minimum absolute atomic E-state index is 0.0811. The van der Waals surface area contributed by atoms with Crippen LogP contribution in [0, 0.1) is 5.92 Å². The molecule has 0 unspecified atom stereocenters. The molecular formula is C8H9BrO5. The number of ketones is 1. The van der Waals surface area contributed by atoms with Gasteiger partial charge in [0.15, 0.2) is 5.78 Å². The van der Waals surface area contributed by atoms with Gasteiger partial charge in [-0.2, -0.15) is 0 Å². The van der Waals surface area contributed by atoms with Crippen LogP contribution in [0.1, 0.15) is 13.8 Å². The number of carbonyl (C=O) groups excluding carboxylic acids is 3. The van der Waals surface area contributed by atoms with Crippen molar-refractivity contribution in [3.8, 4) is 0 Å². The summed E-state index contributed by atoms with van der Waals surface area (Å²) < 4.78 is 9.51. The van der Waals surface area contributed by atoms with Crippen molar-refractivity contribution in [3.05, 3.63) is 0 Å². The molecule has 0 aliphatic carbocycles. The number of hydrogen-bond acceptors (Lipinski definition) is 5. The van der Waals surface area contributed by atoms with Crippen LogP contribution in [0.5, 0.6) is 0 Å². The van der Waals surface area contributed by atoms with E-state index in [0.717, 1.165) is 0 Å². The van der Waals surface area contributed by atoms with E-state index in [9.17, 15) is 14.4 Å². The van der Waals surface area contributed by atoms with E-state index < -0.39 is 29.4 Å². The third-order valence-corrected chi connectivity index (χ3v) is 2.17. The molecule has 1 saturated heterocycles. The molecule has 0 aromatic heterocycles. The Bertz CT molecular complexity index is 276. The molecule has 6 heteroatoms. The van der Waals surface area contributed by atoms with Gasteiger partial charge in [-0.25, -0.2) is 0 Å². The maximum atomic E-state index is 11.3. The number of Topliss-reactive ketones (excluding diaryl/α,β-unsaturated/α-hetero) is 1. The van der Waals surface area contributed by atoms with E-state index in [1.807, 2.05) is 0 Å². The molecule has 0 radical (unpaired) electrons. The summed E-state index contributed by atoms with van der Waals surface area (Å²) in [7, 11) is 0. The van der Waals surface area contributed by atoms with Gasteiger partial charge in [0.2, 0.25) is 5.92 Å². The Balaban J connectivity index is 2.87. The van der Waals surface area contributed by atoms with Crippen molar-refractivity contribution in [2.75, 3.05) is 5.33 Å². The van der Waals surface area contributed by atoms with E-state index >= 15 is 0 Å². The molecule has 1 aliphatic heterocycles.